The number of piperidine rings is 3. The van der Waals surface area contributed by atoms with E-state index in [9.17, 15) is 54.3 Å². The predicted molar refractivity (Wildman–Crippen MR) is 496 cm³/mol. The lowest BCUT2D eigenvalue weighted by atomic mass is 10.1. The van der Waals surface area contributed by atoms with E-state index in [0.717, 1.165) is 52.9 Å². The monoisotopic (exact) mass is 1880 g/mol. The summed E-state index contributed by atoms with van der Waals surface area (Å²) in [5.41, 5.74) is 3.35. The smallest absolute Gasteiger partial charge is 0.407 e. The summed E-state index contributed by atoms with van der Waals surface area (Å²) in [4.78, 5) is 81.8. The van der Waals surface area contributed by atoms with Gasteiger partial charge in [0.05, 0.1) is 47.6 Å². The van der Waals surface area contributed by atoms with Crippen LogP contribution in [0.4, 0.5) is 46.5 Å². The number of urea groups is 3. The summed E-state index contributed by atoms with van der Waals surface area (Å²) < 4.78 is 94.6. The lowest BCUT2D eigenvalue weighted by Gasteiger charge is -2.31. The Morgan fingerprint density at radius 2 is 0.831 bits per heavy atom. The van der Waals surface area contributed by atoms with Crippen LogP contribution in [-0.4, -0.2) is 167 Å². The maximum Gasteiger partial charge on any atom is 0.407 e. The van der Waals surface area contributed by atoms with Gasteiger partial charge in [0.25, 0.3) is 0 Å². The number of halogens is 1. The number of aromatic nitrogens is 3. The molecule has 124 heavy (non-hydrogen) atoms. The van der Waals surface area contributed by atoms with E-state index >= 15 is 0 Å². The summed E-state index contributed by atoms with van der Waals surface area (Å²) in [6.45, 7) is 29.1. The summed E-state index contributed by atoms with van der Waals surface area (Å²) >= 11 is 7.44. The van der Waals surface area contributed by atoms with E-state index < -0.39 is 70.9 Å². The number of carbonyl (C=O) groups excluding carboxylic acids is 5. The number of benzene rings is 6. The first kappa shape index (κ1) is 99.8. The highest BCUT2D eigenvalue weighted by Crippen LogP contribution is 2.41. The molecule has 3 aromatic heterocycles. The zero-order valence-corrected chi connectivity index (χ0v) is 78.4. The van der Waals surface area contributed by atoms with Crippen molar-refractivity contribution in [3.05, 3.63) is 185 Å². The van der Waals surface area contributed by atoms with Gasteiger partial charge in [-0.2, -0.15) is 0 Å². The molecule has 0 bridgehead atoms. The number of alkyl carbamates (subject to hydrolysis) is 1. The number of aliphatic hydroxyl groups excluding tert-OH is 2. The fourth-order valence-corrected chi connectivity index (χ4v) is 20.8. The van der Waals surface area contributed by atoms with E-state index in [0.29, 0.717) is 124 Å². The van der Waals surface area contributed by atoms with Crippen LogP contribution in [0.5, 0.6) is 0 Å². The molecule has 7 amide bonds. The summed E-state index contributed by atoms with van der Waals surface area (Å²) in [6, 6.07) is 41.8. The van der Waals surface area contributed by atoms with Crippen molar-refractivity contribution in [3.8, 4) is 31.3 Å². The average molecular weight is 1880 g/mol. The minimum absolute atomic E-state index is 0.00951. The van der Waals surface area contributed by atoms with Crippen molar-refractivity contribution in [1.29, 1.82) is 0 Å². The largest absolute Gasteiger partial charge is 0.446 e. The number of carbonyl (C=O) groups is 4. The van der Waals surface area contributed by atoms with Gasteiger partial charge in [0.2, 0.25) is 36.1 Å². The summed E-state index contributed by atoms with van der Waals surface area (Å²) in [7, 11) is -11.7. The van der Waals surface area contributed by atoms with Crippen molar-refractivity contribution < 1.29 is 64.2 Å². The van der Waals surface area contributed by atoms with Crippen LogP contribution < -0.4 is 66.5 Å². The second kappa shape index (κ2) is 46.5. The second-order valence-electron chi connectivity index (χ2n) is 33.0. The third-order valence-corrected chi connectivity index (χ3v) is 26.9. The highest BCUT2D eigenvalue weighted by molar-refractivity contribution is 9.11. The van der Waals surface area contributed by atoms with Crippen LogP contribution in [0.15, 0.2) is 188 Å². The highest BCUT2D eigenvalue weighted by Gasteiger charge is 2.32. The fraction of sp³-hybridized carbons (Fsp3) is 0.419. The third-order valence-electron chi connectivity index (χ3n) is 17.8. The van der Waals surface area contributed by atoms with Gasteiger partial charge in [-0.25, -0.2) is 83.3 Å². The highest BCUT2D eigenvalue weighted by atomic mass is 79.9. The fourth-order valence-electron chi connectivity index (χ4n) is 12.3. The number of sulfonamides is 3. The lowest BCUT2D eigenvalue weighted by molar-refractivity contribution is 0.0815. The van der Waals surface area contributed by atoms with Gasteiger partial charge < -0.3 is 67.3 Å². The van der Waals surface area contributed by atoms with Crippen LogP contribution in [0.1, 0.15) is 145 Å². The van der Waals surface area contributed by atoms with Crippen LogP contribution in [0.3, 0.4) is 0 Å². The Kier molecular flexibility index (Phi) is 37.4. The molecule has 3 saturated heterocycles. The molecule has 13 N–H and O–H groups in total. The SMILES string of the molecule is CC(C)(C)NS(=O)(=O)c1cc(NC(=O)NCc2ccccc2)ccc1-c1cnc(Br)s1.CC(C)(C)NS(=O)(=O)c1cc(NC(=O)NCc2ccccc2)ccc1-c1cnc(N2CCC(O)CC2)s1.CC(C)N=C=O.CC(C)NC(=O)OC1CCN(c2ncc(-c3ccc(NC(=O)NCc4ccccc4)cc3S(=O)(=O)NC(C)(C)C)s2)CC1.OC1CCNCC1. The molecule has 3 aliphatic heterocycles. The van der Waals surface area contributed by atoms with Crippen molar-refractivity contribution in [2.24, 2.45) is 4.99 Å². The van der Waals surface area contributed by atoms with Gasteiger partial charge in [-0.3, -0.25) is 0 Å². The van der Waals surface area contributed by atoms with Gasteiger partial charge in [0.1, 0.15) is 6.10 Å². The molecule has 12 rings (SSSR count). The molecule has 0 atom stereocenters. The molecule has 38 heteroatoms. The van der Waals surface area contributed by atoms with Crippen LogP contribution >= 0.6 is 49.9 Å². The summed E-state index contributed by atoms with van der Waals surface area (Å²) in [5, 5.41) is 42.7. The minimum atomic E-state index is -3.96. The number of nitrogens with zero attached hydrogens (tertiary/aromatic N) is 6. The zero-order valence-electron chi connectivity index (χ0n) is 71.9. The van der Waals surface area contributed by atoms with Crippen LogP contribution in [0.2, 0.25) is 0 Å². The zero-order chi connectivity index (χ0) is 90.6. The number of ether oxygens (including phenoxy) is 1. The topological polar surface area (TPSA) is 427 Å². The van der Waals surface area contributed by atoms with Gasteiger partial charge in [-0.05, 0) is 198 Å². The number of anilines is 5. The van der Waals surface area contributed by atoms with Crippen LogP contribution in [0, 0.1) is 0 Å². The number of amides is 7. The Morgan fingerprint density at radius 1 is 0.500 bits per heavy atom. The molecular weight excluding hydrogens is 1770 g/mol. The van der Waals surface area contributed by atoms with E-state index in [-0.39, 0.29) is 45.1 Å². The Labute approximate surface area is 748 Å². The average Bonchev–Trinajstić information content (AvgIpc) is 1.47. The van der Waals surface area contributed by atoms with Gasteiger partial charge >= 0.3 is 24.2 Å². The van der Waals surface area contributed by atoms with Crippen molar-refractivity contribution in [1.82, 2.24) is 55.7 Å². The Bertz CT molecular complexity index is 5370. The Morgan fingerprint density at radius 3 is 1.12 bits per heavy atom. The summed E-state index contributed by atoms with van der Waals surface area (Å²) in [5.74, 6) is 0. The molecule has 6 heterocycles. The number of nitrogens with one attached hydrogen (secondary N) is 11. The normalized spacial score (nSPS) is 14.2. The maximum absolute atomic E-state index is 13.6. The first-order chi connectivity index (χ1) is 58.5. The van der Waals surface area contributed by atoms with Gasteiger partial charge in [0.15, 0.2) is 14.2 Å². The maximum atomic E-state index is 13.6. The van der Waals surface area contributed by atoms with Crippen molar-refractivity contribution in [2.75, 3.05) is 65.0 Å². The lowest BCUT2D eigenvalue weighted by Crippen LogP contribution is -2.40. The molecule has 0 unspecified atom stereocenters. The molecule has 0 radical (unpaired) electrons. The van der Waals surface area contributed by atoms with Crippen molar-refractivity contribution in [3.63, 3.8) is 0 Å². The Hall–Kier alpha value is -9.64. The number of isocyanates is 1. The van der Waals surface area contributed by atoms with Crippen LogP contribution in [0.25, 0.3) is 31.3 Å². The van der Waals surface area contributed by atoms with Gasteiger partial charge in [0, 0.05) is 134 Å². The molecule has 9 aromatic rings. The Balaban J connectivity index is 0.000000216. The molecule has 0 aliphatic carbocycles. The van der Waals surface area contributed by atoms with Gasteiger partial charge in [-0.15, -0.1) is 11.3 Å². The van der Waals surface area contributed by atoms with Gasteiger partial charge in [-0.1, -0.05) is 132 Å². The second-order valence-corrected chi connectivity index (χ2v) is 42.3. The number of hydrogen-bond acceptors (Lipinski definition) is 24. The first-order valence-electron chi connectivity index (χ1n) is 40.4. The minimum Gasteiger partial charge on any atom is -0.446 e. The molecule has 31 nitrogen and oxygen atoms in total. The van der Waals surface area contributed by atoms with E-state index in [1.54, 1.807) is 117 Å². The number of hydrogen-bond donors (Lipinski definition) is 13. The van der Waals surface area contributed by atoms with E-state index in [1.807, 2.05) is 119 Å². The molecule has 3 aliphatic rings. The number of thiazole rings is 3. The van der Waals surface area contributed by atoms with Crippen molar-refractivity contribution >= 4 is 138 Å². The van der Waals surface area contributed by atoms with Crippen LogP contribution in [-0.2, 0) is 59.2 Å². The third kappa shape index (κ3) is 34.0. The molecule has 6 aromatic carbocycles. The first-order valence-corrected chi connectivity index (χ1v) is 48.1. The number of aliphatic hydroxyl groups is 2. The standard InChI is InChI=1S/C30H40N6O5S2.C26H33N5O4S2.C21H23BrN4O3S2.C5H11NO.C4H7NO/c1-20(2)33-29(38)41-23-13-15-36(16-14-23)28-32-19-25(42-28)24-12-11-22(17-26(24)43(39,40)35-30(3,4)5)34-27(37)31-18-21-9-7-6-8-10-21;1-26(2,3)30-37(34,35)23-15-19(29-24(33)27-16-18-7-5-4-6-8-18)9-10-21(23)22-17-28-25(36-22)31-13-11-20(32)12-14-31;1-21(2,3)26-31(28,29)18-11-15(9-10-16(18)17-13-23-19(22)30-17)25-20(27)24-12-14-7-5-4-6-8-14;7-5-1-3-6-4-2-5;1-4(2)5-3-6/h6-12,17,19-20,23,35H,13-16,18H2,1-5H3,(H,33,38)(H2,31,34,37);4-10,15,17,20,30,32H,11-14,16H2,1-3H3,(H2,27,29,33);4-11,13,26H,12H2,1-3H3,(H2,24,25,27);5-7H,1-4H2;4H,1-2H3. The number of aliphatic imine (C=N–C) groups is 1. The van der Waals surface area contributed by atoms with E-state index in [1.165, 1.54) is 58.3 Å². The molecule has 670 valence electrons. The summed E-state index contributed by atoms with van der Waals surface area (Å²) in [6.07, 6.45) is 10.1. The predicted octanol–water partition coefficient (Wildman–Crippen LogP) is 14.9. The molecular formula is C86H114BrN17O14S6. The van der Waals surface area contributed by atoms with E-state index in [2.05, 4.69) is 102 Å². The quantitative estimate of drug-likeness (QED) is 0.0209. The molecule has 0 saturated carbocycles. The van der Waals surface area contributed by atoms with Crippen molar-refractivity contribution in [2.45, 2.75) is 210 Å². The molecule has 0 spiro atoms. The van der Waals surface area contributed by atoms with E-state index in [4.69, 9.17) is 9.84 Å². The molecule has 3 fully saturated rings. The number of rotatable bonds is 23.